The Balaban J connectivity index is 1.74. The summed E-state index contributed by atoms with van der Waals surface area (Å²) in [7, 11) is 0. The fraction of sp³-hybridized carbons (Fsp3) is 0.286. The maximum atomic E-state index is 12.1. The average molecular weight is 431 g/mol. The molecule has 0 radical (unpaired) electrons. The van der Waals surface area contributed by atoms with Crippen LogP contribution in [0.4, 0.5) is 5.69 Å². The molecule has 0 unspecified atom stereocenters. The van der Waals surface area contributed by atoms with Crippen LogP contribution in [0.25, 0.3) is 0 Å². The molecule has 5 nitrogen and oxygen atoms in total. The summed E-state index contributed by atoms with van der Waals surface area (Å²) in [5.74, 6) is -0.714. The first-order valence-corrected chi connectivity index (χ1v) is 9.63. The van der Waals surface area contributed by atoms with Gasteiger partial charge in [0.2, 0.25) is 11.8 Å². The van der Waals surface area contributed by atoms with Gasteiger partial charge in [-0.2, -0.15) is 0 Å². The second-order valence-corrected chi connectivity index (χ2v) is 7.17. The Kier molecular flexibility index (Phi) is 7.73. The van der Waals surface area contributed by atoms with Crippen molar-refractivity contribution in [1.82, 2.24) is 5.32 Å². The van der Waals surface area contributed by atoms with Crippen molar-refractivity contribution in [2.45, 2.75) is 33.1 Å². The molecule has 2 aromatic carbocycles. The van der Waals surface area contributed by atoms with Gasteiger partial charge in [-0.3, -0.25) is 14.4 Å². The van der Waals surface area contributed by atoms with Gasteiger partial charge in [0.1, 0.15) is 0 Å². The van der Waals surface area contributed by atoms with Gasteiger partial charge in [0.25, 0.3) is 0 Å². The number of aryl methyl sites for hydroxylation is 2. The number of anilines is 1. The van der Waals surface area contributed by atoms with E-state index in [1.165, 1.54) is 0 Å². The highest BCUT2D eigenvalue weighted by Crippen LogP contribution is 2.19. The topological polar surface area (TPSA) is 75.3 Å². The van der Waals surface area contributed by atoms with E-state index in [0.717, 1.165) is 22.0 Å². The van der Waals surface area contributed by atoms with Crippen molar-refractivity contribution in [3.8, 4) is 0 Å². The molecular weight excluding hydrogens is 408 g/mol. The number of hydrogen-bond donors (Lipinski definition) is 2. The number of carbonyl (C=O) groups excluding carboxylic acids is 3. The minimum absolute atomic E-state index is 0.0545. The van der Waals surface area contributed by atoms with Crippen LogP contribution >= 0.6 is 15.9 Å². The smallest absolute Gasteiger partial charge is 0.243 e. The molecule has 0 spiro atoms. The average Bonchev–Trinajstić information content (AvgIpc) is 2.66. The van der Waals surface area contributed by atoms with Gasteiger partial charge < -0.3 is 10.6 Å². The Morgan fingerprint density at radius 2 is 1.67 bits per heavy atom. The van der Waals surface area contributed by atoms with Crippen LogP contribution < -0.4 is 10.6 Å². The zero-order chi connectivity index (χ0) is 19.8. The summed E-state index contributed by atoms with van der Waals surface area (Å²) in [6, 6.07) is 12.9. The van der Waals surface area contributed by atoms with Crippen LogP contribution in [-0.2, 0) is 16.0 Å². The lowest BCUT2D eigenvalue weighted by molar-refractivity contribution is -0.124. The number of rotatable bonds is 8. The highest BCUT2D eigenvalue weighted by Gasteiger charge is 2.11. The lowest BCUT2D eigenvalue weighted by Crippen LogP contribution is -2.33. The summed E-state index contributed by atoms with van der Waals surface area (Å²) >= 11 is 3.37. The van der Waals surface area contributed by atoms with Crippen molar-refractivity contribution in [3.05, 3.63) is 63.6 Å². The number of halogens is 1. The van der Waals surface area contributed by atoms with Gasteiger partial charge in [0.15, 0.2) is 5.78 Å². The zero-order valence-corrected chi connectivity index (χ0v) is 17.1. The number of carbonyl (C=O) groups is 3. The molecule has 0 aliphatic carbocycles. The van der Waals surface area contributed by atoms with Crippen LogP contribution in [0.5, 0.6) is 0 Å². The first-order valence-electron chi connectivity index (χ1n) is 8.84. The van der Waals surface area contributed by atoms with E-state index in [2.05, 4.69) is 33.5 Å². The number of benzene rings is 2. The van der Waals surface area contributed by atoms with Gasteiger partial charge in [0, 0.05) is 28.6 Å². The van der Waals surface area contributed by atoms with Crippen molar-refractivity contribution in [1.29, 1.82) is 0 Å². The van der Waals surface area contributed by atoms with Gasteiger partial charge in [-0.15, -0.1) is 0 Å². The molecule has 0 saturated carbocycles. The normalized spacial score (nSPS) is 10.3. The molecule has 0 fully saturated rings. The molecule has 142 valence electrons. The summed E-state index contributed by atoms with van der Waals surface area (Å²) in [4.78, 5) is 36.0. The van der Waals surface area contributed by atoms with Gasteiger partial charge in [0.05, 0.1) is 6.54 Å². The molecule has 0 atom stereocenters. The predicted octanol–water partition coefficient (Wildman–Crippen LogP) is 4.04. The Bertz CT molecular complexity index is 832. The van der Waals surface area contributed by atoms with Crippen molar-refractivity contribution in [3.63, 3.8) is 0 Å². The van der Waals surface area contributed by atoms with E-state index in [4.69, 9.17) is 0 Å². The van der Waals surface area contributed by atoms with Crippen molar-refractivity contribution >= 4 is 39.2 Å². The molecular formula is C21H23BrN2O3. The summed E-state index contributed by atoms with van der Waals surface area (Å²) in [6.45, 7) is 3.81. The predicted molar refractivity (Wildman–Crippen MR) is 110 cm³/mol. The second-order valence-electron chi connectivity index (χ2n) is 6.26. The maximum Gasteiger partial charge on any atom is 0.243 e. The Labute approximate surface area is 167 Å². The van der Waals surface area contributed by atoms with Crippen LogP contribution in [0.1, 0.15) is 41.3 Å². The molecule has 0 aliphatic heterocycles. The summed E-state index contributed by atoms with van der Waals surface area (Å²) in [5, 5.41) is 5.30. The van der Waals surface area contributed by atoms with E-state index in [-0.39, 0.29) is 37.0 Å². The third kappa shape index (κ3) is 6.64. The quantitative estimate of drug-likeness (QED) is 0.620. The number of nitrogens with one attached hydrogen (secondary N) is 2. The summed E-state index contributed by atoms with van der Waals surface area (Å²) in [5.41, 5.74) is 3.38. The first-order chi connectivity index (χ1) is 12.9. The second kappa shape index (κ2) is 10.0. The Hall–Kier alpha value is -2.47. The van der Waals surface area contributed by atoms with E-state index < -0.39 is 0 Å². The van der Waals surface area contributed by atoms with E-state index in [0.29, 0.717) is 11.3 Å². The first kappa shape index (κ1) is 20.8. The highest BCUT2D eigenvalue weighted by molar-refractivity contribution is 9.10. The molecule has 0 aliphatic rings. The number of hydrogen-bond acceptors (Lipinski definition) is 3. The molecule has 2 N–H and O–H groups in total. The van der Waals surface area contributed by atoms with Gasteiger partial charge in [-0.05, 0) is 42.7 Å². The van der Waals surface area contributed by atoms with Crippen LogP contribution in [-0.4, -0.2) is 24.1 Å². The molecule has 0 saturated heterocycles. The van der Waals surface area contributed by atoms with Gasteiger partial charge >= 0.3 is 0 Å². The van der Waals surface area contributed by atoms with Gasteiger partial charge in [-0.1, -0.05) is 47.1 Å². The summed E-state index contributed by atoms with van der Waals surface area (Å²) < 4.78 is 0.931. The van der Waals surface area contributed by atoms with E-state index >= 15 is 0 Å². The molecule has 27 heavy (non-hydrogen) atoms. The number of amides is 2. The van der Waals surface area contributed by atoms with Crippen molar-refractivity contribution in [2.75, 3.05) is 11.9 Å². The fourth-order valence-corrected chi connectivity index (χ4v) is 3.00. The van der Waals surface area contributed by atoms with Gasteiger partial charge in [-0.25, -0.2) is 0 Å². The summed E-state index contributed by atoms with van der Waals surface area (Å²) in [6.07, 6.45) is 1.09. The molecule has 6 heteroatoms. The van der Waals surface area contributed by atoms with Crippen LogP contribution in [0.2, 0.25) is 0 Å². The molecule has 2 amide bonds. The Morgan fingerprint density at radius 1 is 0.963 bits per heavy atom. The Morgan fingerprint density at radius 3 is 2.30 bits per heavy atom. The molecule has 2 rings (SSSR count). The fourth-order valence-electron chi connectivity index (χ4n) is 2.53. The van der Waals surface area contributed by atoms with Crippen LogP contribution in [0, 0.1) is 6.92 Å². The van der Waals surface area contributed by atoms with Crippen molar-refractivity contribution < 1.29 is 14.4 Å². The highest BCUT2D eigenvalue weighted by atomic mass is 79.9. The monoisotopic (exact) mass is 430 g/mol. The molecule has 0 bridgehead atoms. The van der Waals surface area contributed by atoms with Crippen molar-refractivity contribution in [2.24, 2.45) is 0 Å². The van der Waals surface area contributed by atoms with E-state index in [9.17, 15) is 14.4 Å². The standard InChI is InChI=1S/C21H23BrN2O3/c1-3-15-4-6-16(7-5-15)19(25)10-11-20(26)23-13-21(27)24-18-9-8-17(22)12-14(18)2/h4-9,12H,3,10-11,13H2,1-2H3,(H,23,26)(H,24,27). The molecule has 0 aromatic heterocycles. The van der Waals surface area contributed by atoms with E-state index in [1.54, 1.807) is 18.2 Å². The van der Waals surface area contributed by atoms with Crippen LogP contribution in [0.3, 0.4) is 0 Å². The minimum atomic E-state index is -0.323. The number of ketones is 1. The third-order valence-corrected chi connectivity index (χ3v) is 4.67. The largest absolute Gasteiger partial charge is 0.347 e. The lowest BCUT2D eigenvalue weighted by atomic mass is 10.0. The molecule has 0 heterocycles. The van der Waals surface area contributed by atoms with E-state index in [1.807, 2.05) is 31.2 Å². The zero-order valence-electron chi connectivity index (χ0n) is 15.5. The van der Waals surface area contributed by atoms with Crippen LogP contribution in [0.15, 0.2) is 46.9 Å². The SMILES string of the molecule is CCc1ccc(C(=O)CCC(=O)NCC(=O)Nc2ccc(Br)cc2C)cc1. The third-order valence-electron chi connectivity index (χ3n) is 4.17. The minimum Gasteiger partial charge on any atom is -0.347 e. The lowest BCUT2D eigenvalue weighted by Gasteiger charge is -2.09. The molecule has 2 aromatic rings. The number of Topliss-reactive ketones (excluding diaryl/α,β-unsaturated/α-hetero) is 1. The maximum absolute atomic E-state index is 12.1.